The number of fused-ring (bicyclic) bond motifs is 2. The molecule has 10 heteroatoms. The first kappa shape index (κ1) is 40.0. The minimum absolute atomic E-state index is 0.0240. The summed E-state index contributed by atoms with van der Waals surface area (Å²) < 4.78 is 26.9. The highest BCUT2D eigenvalue weighted by molar-refractivity contribution is 8.00. The largest absolute Gasteiger partial charge is 0.460 e. The van der Waals surface area contributed by atoms with E-state index in [9.17, 15) is 10.2 Å². The molecule has 4 aliphatic rings. The number of hydrogen-bond acceptors (Lipinski definition) is 10. The molecule has 2 aliphatic heterocycles. The molecule has 0 amide bonds. The number of benzene rings is 3. The molecule has 1 unspecified atom stereocenters. The van der Waals surface area contributed by atoms with Gasteiger partial charge in [0.05, 0.1) is 30.1 Å². The van der Waals surface area contributed by atoms with Crippen LogP contribution in [0, 0.1) is 17.8 Å². The molecule has 1 saturated heterocycles. The van der Waals surface area contributed by atoms with Crippen molar-refractivity contribution >= 4 is 29.2 Å². The number of allylic oxidation sites excluding steroid dienone is 1. The van der Waals surface area contributed by atoms with Gasteiger partial charge in [0.2, 0.25) is 12.1 Å². The Morgan fingerprint density at radius 2 is 1.71 bits per heavy atom. The predicted octanol–water partition coefficient (Wildman–Crippen LogP) is 10.2. The normalized spacial score (nSPS) is 27.7. The van der Waals surface area contributed by atoms with Gasteiger partial charge in [-0.15, -0.1) is 30.1 Å². The highest BCUT2D eigenvalue weighted by Gasteiger charge is 2.64. The van der Waals surface area contributed by atoms with Crippen molar-refractivity contribution in [3.8, 4) is 17.2 Å². The summed E-state index contributed by atoms with van der Waals surface area (Å²) in [5.74, 6) is 1.41. The van der Waals surface area contributed by atoms with Crippen LogP contribution < -0.4 is 9.47 Å². The lowest BCUT2D eigenvalue weighted by Gasteiger charge is -2.58. The van der Waals surface area contributed by atoms with E-state index in [1.54, 1.807) is 23.5 Å². The van der Waals surface area contributed by atoms with Gasteiger partial charge in [-0.05, 0) is 117 Å². The van der Waals surface area contributed by atoms with Crippen molar-refractivity contribution in [2.45, 2.75) is 97.2 Å². The summed E-state index contributed by atoms with van der Waals surface area (Å²) in [6, 6.07) is 24.8. The van der Waals surface area contributed by atoms with Crippen molar-refractivity contribution in [3.63, 3.8) is 0 Å². The van der Waals surface area contributed by atoms with Gasteiger partial charge in [0, 0.05) is 47.3 Å². The number of hydrogen-bond donors (Lipinski definition) is 2. The fourth-order valence-electron chi connectivity index (χ4n) is 8.85. The summed E-state index contributed by atoms with van der Waals surface area (Å²) in [6.45, 7) is 5.37. The summed E-state index contributed by atoms with van der Waals surface area (Å²) in [5.41, 5.74) is 3.10. The molecule has 1 saturated carbocycles. The molecule has 294 valence electrons. The quantitative estimate of drug-likeness (QED) is 0.0565. The molecule has 2 fully saturated rings. The predicted molar refractivity (Wildman–Crippen MR) is 220 cm³/mol. The van der Waals surface area contributed by atoms with Crippen LogP contribution in [0.2, 0.25) is 0 Å². The van der Waals surface area contributed by atoms with Crippen LogP contribution >= 0.6 is 23.5 Å². The van der Waals surface area contributed by atoms with Gasteiger partial charge < -0.3 is 34.0 Å². The number of aliphatic hydroxyl groups is 2. The summed E-state index contributed by atoms with van der Waals surface area (Å²) in [6.07, 6.45) is 14.5. The fourth-order valence-corrected chi connectivity index (χ4v) is 10.6. The lowest BCUT2D eigenvalue weighted by atomic mass is 9.56. The first-order valence-electron chi connectivity index (χ1n) is 20.0. The Hall–Kier alpha value is -3.25. The van der Waals surface area contributed by atoms with Gasteiger partial charge in [0.25, 0.3) is 0 Å². The SMILES string of the molecule is C=CCO[C@@]12Oc3ccc(Oc4ccc(SC)cc4)cc3[C@H]3[C@H](CCCCO)[C@@H](CCCCO)C=C(C(=NOC4CCCCO4)C[C@@H]1Sc1ccccc1)[C@H]32. The molecule has 0 bridgehead atoms. The van der Waals surface area contributed by atoms with Crippen LogP contribution in [0.15, 0.2) is 112 Å². The maximum absolute atomic E-state index is 9.93. The molecule has 0 spiro atoms. The molecule has 55 heavy (non-hydrogen) atoms. The van der Waals surface area contributed by atoms with E-state index in [4.69, 9.17) is 28.9 Å². The number of aliphatic hydroxyl groups excluding tert-OH is 2. The Kier molecular flexibility index (Phi) is 14.0. The first-order valence-corrected chi connectivity index (χ1v) is 22.1. The van der Waals surface area contributed by atoms with Crippen LogP contribution in [-0.2, 0) is 14.3 Å². The highest BCUT2D eigenvalue weighted by atomic mass is 32.2. The summed E-state index contributed by atoms with van der Waals surface area (Å²) in [7, 11) is 0. The Labute approximate surface area is 334 Å². The van der Waals surface area contributed by atoms with Gasteiger partial charge in [0.15, 0.2) is 0 Å². The number of ether oxygens (including phenoxy) is 4. The fraction of sp³-hybridized carbons (Fsp3) is 0.489. The molecule has 2 aliphatic carbocycles. The molecule has 0 radical (unpaired) electrons. The maximum Gasteiger partial charge on any atom is 0.231 e. The summed E-state index contributed by atoms with van der Waals surface area (Å²) >= 11 is 3.46. The van der Waals surface area contributed by atoms with Crippen LogP contribution in [0.5, 0.6) is 17.2 Å². The zero-order chi connectivity index (χ0) is 38.0. The minimum Gasteiger partial charge on any atom is -0.460 e. The van der Waals surface area contributed by atoms with E-state index >= 15 is 0 Å². The molecule has 3 aromatic rings. The molecule has 8 nitrogen and oxygen atoms in total. The van der Waals surface area contributed by atoms with Gasteiger partial charge >= 0.3 is 0 Å². The lowest BCUT2D eigenvalue weighted by Crippen LogP contribution is -2.64. The van der Waals surface area contributed by atoms with Gasteiger partial charge in [-0.2, -0.15) is 0 Å². The molecular formula is C45H55NO7S2. The lowest BCUT2D eigenvalue weighted by molar-refractivity contribution is -0.223. The molecule has 7 atom stereocenters. The Bertz CT molecular complexity index is 1760. The molecule has 2 heterocycles. The van der Waals surface area contributed by atoms with Crippen LogP contribution in [0.3, 0.4) is 0 Å². The number of unbranched alkanes of at least 4 members (excludes halogenated alkanes) is 2. The molecular weight excluding hydrogens is 731 g/mol. The van der Waals surface area contributed by atoms with Gasteiger partial charge in [-0.1, -0.05) is 48.3 Å². The van der Waals surface area contributed by atoms with Crippen molar-refractivity contribution in [2.75, 3.05) is 32.7 Å². The Balaban J connectivity index is 1.39. The van der Waals surface area contributed by atoms with Crippen molar-refractivity contribution in [1.29, 1.82) is 0 Å². The third kappa shape index (κ3) is 9.16. The summed E-state index contributed by atoms with van der Waals surface area (Å²) in [5, 5.41) is 24.6. The monoisotopic (exact) mass is 785 g/mol. The van der Waals surface area contributed by atoms with E-state index in [-0.39, 0.29) is 48.4 Å². The highest BCUT2D eigenvalue weighted by Crippen LogP contribution is 2.63. The number of nitrogens with zero attached hydrogens (tertiary/aromatic N) is 1. The number of thioether (sulfide) groups is 2. The van der Waals surface area contributed by atoms with Crippen molar-refractivity contribution < 1.29 is 34.0 Å². The summed E-state index contributed by atoms with van der Waals surface area (Å²) in [4.78, 5) is 8.55. The molecule has 7 rings (SSSR count). The molecule has 2 N–H and O–H groups in total. The van der Waals surface area contributed by atoms with Crippen molar-refractivity contribution in [1.82, 2.24) is 0 Å². The minimum atomic E-state index is -1.06. The number of rotatable bonds is 18. The van der Waals surface area contributed by atoms with E-state index in [0.717, 1.165) is 96.8 Å². The molecule has 0 aromatic heterocycles. The zero-order valence-corrected chi connectivity index (χ0v) is 33.5. The zero-order valence-electron chi connectivity index (χ0n) is 31.9. The topological polar surface area (TPSA) is 99.0 Å². The van der Waals surface area contributed by atoms with Crippen LogP contribution in [-0.4, -0.2) is 65.9 Å². The van der Waals surface area contributed by atoms with Crippen molar-refractivity contribution in [2.24, 2.45) is 22.9 Å². The Morgan fingerprint density at radius 1 is 0.927 bits per heavy atom. The van der Waals surface area contributed by atoms with E-state index in [1.165, 1.54) is 4.90 Å². The third-order valence-corrected chi connectivity index (χ3v) is 13.4. The average Bonchev–Trinajstić information content (AvgIpc) is 3.22. The van der Waals surface area contributed by atoms with E-state index in [1.807, 2.05) is 30.3 Å². The smallest absolute Gasteiger partial charge is 0.231 e. The van der Waals surface area contributed by atoms with Crippen molar-refractivity contribution in [3.05, 3.63) is 103 Å². The number of oxime groups is 1. The van der Waals surface area contributed by atoms with Gasteiger partial charge in [0.1, 0.15) is 17.2 Å². The standard InChI is InChI=1S/C45H55NO7S2/c1-3-26-50-45-41(55-35-14-5-4-6-15-35)30-39(46-53-42-17-9-12-27-49-42)37-28-31(13-7-10-24-47)36(16-8-11-25-48)43(44(37)45)38-29-33(20-23-40(38)52-45)51-32-18-21-34(54-2)22-19-32/h3-6,14-15,18-23,28-29,31,36,41-44,47-48H,1,7-13,16-17,24-27,30H2,2H3/t31-,36+,41-,42?,43+,44+,45+/m0/s1. The average molecular weight is 786 g/mol. The van der Waals surface area contributed by atoms with Crippen LogP contribution in [0.1, 0.15) is 75.7 Å². The second kappa shape index (κ2) is 19.3. The third-order valence-electron chi connectivity index (χ3n) is 11.4. The van der Waals surface area contributed by atoms with E-state index in [0.29, 0.717) is 19.6 Å². The van der Waals surface area contributed by atoms with Crippen LogP contribution in [0.4, 0.5) is 0 Å². The second-order valence-electron chi connectivity index (χ2n) is 14.9. The Morgan fingerprint density at radius 3 is 2.44 bits per heavy atom. The van der Waals surface area contributed by atoms with E-state index in [2.05, 4.69) is 67.4 Å². The maximum atomic E-state index is 9.93. The second-order valence-corrected chi connectivity index (χ2v) is 17.0. The van der Waals surface area contributed by atoms with Gasteiger partial charge in [-0.3, -0.25) is 0 Å². The van der Waals surface area contributed by atoms with E-state index < -0.39 is 5.79 Å². The van der Waals surface area contributed by atoms with Crippen LogP contribution in [0.25, 0.3) is 0 Å². The molecule has 3 aromatic carbocycles. The van der Waals surface area contributed by atoms with Gasteiger partial charge in [-0.25, -0.2) is 0 Å². The first-order chi connectivity index (χ1) is 27.1.